The molecule has 176 valence electrons. The summed E-state index contributed by atoms with van der Waals surface area (Å²) in [6, 6.07) is 11.2. The van der Waals surface area contributed by atoms with Crippen molar-refractivity contribution >= 4 is 22.8 Å². The van der Waals surface area contributed by atoms with Gasteiger partial charge in [0.25, 0.3) is 5.91 Å². The molecule has 2 aromatic carbocycles. The highest BCUT2D eigenvalue weighted by Gasteiger charge is 2.24. The molecule has 7 nitrogen and oxygen atoms in total. The Labute approximate surface area is 195 Å². The van der Waals surface area contributed by atoms with Crippen LogP contribution in [-0.2, 0) is 0 Å². The number of nitrogens with zero attached hydrogens (tertiary/aromatic N) is 3. The minimum atomic E-state index is -0.0976. The Kier molecular flexibility index (Phi) is 7.63. The van der Waals surface area contributed by atoms with Gasteiger partial charge in [-0.05, 0) is 45.9 Å². The summed E-state index contributed by atoms with van der Waals surface area (Å²) >= 11 is 0. The average Bonchev–Trinajstić information content (AvgIpc) is 3.29. The predicted molar refractivity (Wildman–Crippen MR) is 131 cm³/mol. The third kappa shape index (κ3) is 4.40. The molecular formula is C26H33N3O4. The van der Waals surface area contributed by atoms with E-state index in [0.717, 1.165) is 16.5 Å². The Hall–Kier alpha value is -3.48. The second-order valence-corrected chi connectivity index (χ2v) is 7.61. The van der Waals surface area contributed by atoms with Crippen molar-refractivity contribution in [1.29, 1.82) is 0 Å². The molecule has 7 heteroatoms. The molecule has 0 bridgehead atoms. The smallest absolute Gasteiger partial charge is 0.328 e. The van der Waals surface area contributed by atoms with Gasteiger partial charge in [0.1, 0.15) is 0 Å². The molecule has 0 radical (unpaired) electrons. The second kappa shape index (κ2) is 10.4. The van der Waals surface area contributed by atoms with E-state index in [4.69, 9.17) is 9.47 Å². The maximum Gasteiger partial charge on any atom is 0.328 e. The number of methoxy groups -OCH3 is 2. The van der Waals surface area contributed by atoms with Crippen LogP contribution in [0.5, 0.6) is 11.5 Å². The lowest BCUT2D eigenvalue weighted by Crippen LogP contribution is -2.34. The van der Waals surface area contributed by atoms with Gasteiger partial charge >= 0.3 is 6.03 Å². The molecule has 0 aliphatic carbocycles. The van der Waals surface area contributed by atoms with Gasteiger partial charge in [0, 0.05) is 48.9 Å². The number of para-hydroxylation sites is 1. The van der Waals surface area contributed by atoms with Crippen LogP contribution in [0.2, 0.25) is 0 Å². The minimum Gasteiger partial charge on any atom is -0.493 e. The third-order valence-corrected chi connectivity index (χ3v) is 6.05. The van der Waals surface area contributed by atoms with E-state index in [1.54, 1.807) is 40.8 Å². The Bertz CT molecular complexity index is 1140. The van der Waals surface area contributed by atoms with Gasteiger partial charge in [-0.2, -0.15) is 0 Å². The van der Waals surface area contributed by atoms with E-state index in [-0.39, 0.29) is 11.9 Å². The van der Waals surface area contributed by atoms with Crippen LogP contribution < -0.4 is 9.47 Å². The number of hydrogen-bond acceptors (Lipinski definition) is 4. The normalized spacial score (nSPS) is 10.8. The molecule has 0 aliphatic rings. The van der Waals surface area contributed by atoms with Crippen molar-refractivity contribution in [3.05, 3.63) is 48.2 Å². The van der Waals surface area contributed by atoms with E-state index in [1.165, 1.54) is 0 Å². The summed E-state index contributed by atoms with van der Waals surface area (Å²) in [5, 5.41) is 0.920. The Morgan fingerprint density at radius 1 is 0.818 bits per heavy atom. The number of carbonyl (C=O) groups excluding carboxylic acids is 2. The summed E-state index contributed by atoms with van der Waals surface area (Å²) in [6.45, 7) is 10.2. The molecule has 0 saturated carbocycles. The molecule has 0 spiro atoms. The summed E-state index contributed by atoms with van der Waals surface area (Å²) in [6.07, 6.45) is 1.79. The topological polar surface area (TPSA) is 64.0 Å². The first-order chi connectivity index (χ1) is 15.9. The summed E-state index contributed by atoms with van der Waals surface area (Å²) in [5.74, 6) is 0.911. The molecule has 3 aromatic rings. The van der Waals surface area contributed by atoms with Crippen LogP contribution in [0.1, 0.15) is 38.1 Å². The van der Waals surface area contributed by atoms with Gasteiger partial charge in [-0.1, -0.05) is 18.2 Å². The van der Waals surface area contributed by atoms with Crippen LogP contribution in [0, 0.1) is 0 Å². The molecule has 0 atom stereocenters. The molecule has 0 fully saturated rings. The zero-order valence-corrected chi connectivity index (χ0v) is 20.3. The van der Waals surface area contributed by atoms with Crippen LogP contribution in [-0.4, -0.2) is 66.7 Å². The van der Waals surface area contributed by atoms with Gasteiger partial charge in [0.2, 0.25) is 0 Å². The lowest BCUT2D eigenvalue weighted by molar-refractivity contribution is 0.0773. The quantitative estimate of drug-likeness (QED) is 0.477. The molecule has 1 aromatic heterocycles. The van der Waals surface area contributed by atoms with Crippen LogP contribution in [0.3, 0.4) is 0 Å². The molecule has 0 unspecified atom stereocenters. The van der Waals surface area contributed by atoms with Crippen molar-refractivity contribution in [1.82, 2.24) is 14.4 Å². The minimum absolute atomic E-state index is 0.0962. The van der Waals surface area contributed by atoms with Gasteiger partial charge in [0.05, 0.1) is 25.3 Å². The number of ether oxygens (including phenoxy) is 2. The highest BCUT2D eigenvalue weighted by atomic mass is 16.5. The monoisotopic (exact) mass is 451 g/mol. The van der Waals surface area contributed by atoms with Gasteiger partial charge in [0.15, 0.2) is 11.5 Å². The van der Waals surface area contributed by atoms with Crippen molar-refractivity contribution < 1.29 is 19.1 Å². The fourth-order valence-corrected chi connectivity index (χ4v) is 4.18. The van der Waals surface area contributed by atoms with Crippen LogP contribution in [0.15, 0.2) is 42.6 Å². The summed E-state index contributed by atoms with van der Waals surface area (Å²) in [4.78, 5) is 30.3. The van der Waals surface area contributed by atoms with Gasteiger partial charge in [-0.15, -0.1) is 0 Å². The van der Waals surface area contributed by atoms with Crippen molar-refractivity contribution in [2.75, 3.05) is 40.4 Å². The van der Waals surface area contributed by atoms with Crippen molar-refractivity contribution in [3.8, 4) is 22.6 Å². The number of hydrogen-bond donors (Lipinski definition) is 0. The molecule has 1 heterocycles. The number of amides is 2. The predicted octanol–water partition coefficient (Wildman–Crippen LogP) is 5.12. The van der Waals surface area contributed by atoms with Gasteiger partial charge in [-0.25, -0.2) is 4.79 Å². The number of fused-ring (bicyclic) bond motifs is 1. The second-order valence-electron chi connectivity index (χ2n) is 7.61. The Morgan fingerprint density at radius 3 is 2.00 bits per heavy atom. The zero-order valence-electron chi connectivity index (χ0n) is 20.3. The van der Waals surface area contributed by atoms with E-state index in [1.807, 2.05) is 58.0 Å². The van der Waals surface area contributed by atoms with Crippen LogP contribution >= 0.6 is 0 Å². The molecule has 0 N–H and O–H groups in total. The fraction of sp³-hybridized carbons (Fsp3) is 0.385. The lowest BCUT2D eigenvalue weighted by Gasteiger charge is -2.23. The molecule has 0 aliphatic heterocycles. The van der Waals surface area contributed by atoms with Gasteiger partial charge < -0.3 is 19.3 Å². The van der Waals surface area contributed by atoms with Crippen molar-refractivity contribution in [2.45, 2.75) is 27.7 Å². The third-order valence-electron chi connectivity index (χ3n) is 6.05. The summed E-state index contributed by atoms with van der Waals surface area (Å²) in [5.41, 5.74) is 2.75. The SMILES string of the molecule is CCN(CC)C(=O)c1cc(OC)c(OC)cc1-c1cccc2ccn(C(=O)N(CC)CC)c12. The van der Waals surface area contributed by atoms with Gasteiger partial charge in [-0.3, -0.25) is 9.36 Å². The standard InChI is InChI=1S/C26H33N3O4/c1-7-27(8-2)25(30)21-17-23(33-6)22(32-5)16-20(21)19-13-11-12-18-14-15-29(24(18)19)26(31)28(9-3)10-4/h11-17H,7-10H2,1-6H3. The van der Waals surface area contributed by atoms with Crippen molar-refractivity contribution in [2.24, 2.45) is 0 Å². The molecule has 3 rings (SSSR count). The van der Waals surface area contributed by atoms with E-state index >= 15 is 0 Å². The molecule has 2 amide bonds. The Balaban J connectivity index is 2.34. The van der Waals surface area contributed by atoms with E-state index in [2.05, 4.69) is 0 Å². The highest BCUT2D eigenvalue weighted by molar-refractivity contribution is 6.07. The molecular weight excluding hydrogens is 418 g/mol. The first kappa shape index (κ1) is 24.2. The van der Waals surface area contributed by atoms with Crippen LogP contribution in [0.4, 0.5) is 4.79 Å². The first-order valence-electron chi connectivity index (χ1n) is 11.4. The molecule has 0 saturated heterocycles. The first-order valence-corrected chi connectivity index (χ1v) is 11.4. The number of carbonyl (C=O) groups is 2. The Morgan fingerprint density at radius 2 is 1.42 bits per heavy atom. The van der Waals surface area contributed by atoms with E-state index in [0.29, 0.717) is 48.8 Å². The maximum absolute atomic E-state index is 13.5. The van der Waals surface area contributed by atoms with Crippen LogP contribution in [0.25, 0.3) is 22.0 Å². The summed E-state index contributed by atoms with van der Waals surface area (Å²) < 4.78 is 12.7. The zero-order chi connectivity index (χ0) is 24.1. The molecule has 33 heavy (non-hydrogen) atoms. The number of aromatic nitrogens is 1. The number of rotatable bonds is 8. The lowest BCUT2D eigenvalue weighted by atomic mass is 9.96. The largest absolute Gasteiger partial charge is 0.493 e. The fourth-order valence-electron chi connectivity index (χ4n) is 4.18. The van der Waals surface area contributed by atoms with Crippen molar-refractivity contribution in [3.63, 3.8) is 0 Å². The maximum atomic E-state index is 13.5. The average molecular weight is 452 g/mol. The van der Waals surface area contributed by atoms with E-state index in [9.17, 15) is 9.59 Å². The number of benzene rings is 2. The van der Waals surface area contributed by atoms with E-state index < -0.39 is 0 Å². The summed E-state index contributed by atoms with van der Waals surface area (Å²) in [7, 11) is 3.12. The highest BCUT2D eigenvalue weighted by Crippen LogP contribution is 2.39.